The summed E-state index contributed by atoms with van der Waals surface area (Å²) in [7, 11) is 0. The molecule has 0 aromatic carbocycles. The Balaban J connectivity index is 2.42. The predicted octanol–water partition coefficient (Wildman–Crippen LogP) is 0.981. The molecule has 2 heterocycles. The summed E-state index contributed by atoms with van der Waals surface area (Å²) in [6, 6.07) is 1.78. The molecule has 1 saturated heterocycles. The van der Waals surface area contributed by atoms with Gasteiger partial charge in [0.15, 0.2) is 0 Å². The van der Waals surface area contributed by atoms with Gasteiger partial charge in [0, 0.05) is 18.3 Å². The quantitative estimate of drug-likeness (QED) is 0.591. The van der Waals surface area contributed by atoms with Crippen molar-refractivity contribution in [2.75, 3.05) is 24.7 Å². The topological polar surface area (TPSA) is 75.2 Å². The van der Waals surface area contributed by atoms with Crippen LogP contribution in [0.4, 0.5) is 5.69 Å². The number of nitrogens with two attached hydrogens (primary N) is 1. The van der Waals surface area contributed by atoms with Gasteiger partial charge in [0.25, 0.3) is 0 Å². The van der Waals surface area contributed by atoms with Crippen molar-refractivity contribution in [3.8, 4) is 0 Å². The van der Waals surface area contributed by atoms with E-state index in [1.165, 1.54) is 0 Å². The van der Waals surface area contributed by atoms with Crippen LogP contribution in [0.1, 0.15) is 19.4 Å². The Kier molecular flexibility index (Phi) is 3.02. The zero-order chi connectivity index (χ0) is 12.5. The number of aromatic nitrogens is 1. The van der Waals surface area contributed by atoms with Gasteiger partial charge in [-0.1, -0.05) is 0 Å². The highest BCUT2D eigenvalue weighted by atomic mass is 16.5. The Morgan fingerprint density at radius 3 is 3.00 bits per heavy atom. The third-order valence-electron chi connectivity index (χ3n) is 3.03. The molecular weight excluding hydrogens is 216 g/mol. The molecule has 17 heavy (non-hydrogen) atoms. The Hall–Kier alpha value is -1.62. The molecule has 0 aliphatic carbocycles. The van der Waals surface area contributed by atoms with Crippen LogP contribution in [0.2, 0.25) is 0 Å². The number of pyridine rings is 1. The number of hydrogen-bond acceptors (Lipinski definition) is 4. The maximum Gasteiger partial charge on any atom is 0.125 e. The van der Waals surface area contributed by atoms with Gasteiger partial charge in [0.1, 0.15) is 5.84 Å². The summed E-state index contributed by atoms with van der Waals surface area (Å²) in [6.45, 7) is 6.38. The first-order chi connectivity index (χ1) is 8.02. The van der Waals surface area contributed by atoms with Crippen molar-refractivity contribution in [1.29, 1.82) is 5.41 Å². The lowest BCUT2D eigenvalue weighted by atomic mass is 10.0. The molecule has 3 N–H and O–H groups in total. The highest BCUT2D eigenvalue weighted by Crippen LogP contribution is 2.28. The van der Waals surface area contributed by atoms with E-state index in [0.717, 1.165) is 17.8 Å². The summed E-state index contributed by atoms with van der Waals surface area (Å²) in [5, 5.41) is 7.62. The van der Waals surface area contributed by atoms with Crippen LogP contribution in [-0.4, -0.2) is 36.1 Å². The number of hydrogen-bond donors (Lipinski definition) is 2. The molecule has 1 aromatic heterocycles. The van der Waals surface area contributed by atoms with Crippen molar-refractivity contribution in [3.63, 3.8) is 0 Å². The highest BCUT2D eigenvalue weighted by molar-refractivity contribution is 6.00. The van der Waals surface area contributed by atoms with Gasteiger partial charge in [-0.05, 0) is 19.9 Å². The zero-order valence-corrected chi connectivity index (χ0v) is 10.2. The summed E-state index contributed by atoms with van der Waals surface area (Å²) in [5.74, 6) is 0.0738. The number of amidine groups is 1. The monoisotopic (exact) mass is 234 g/mol. The van der Waals surface area contributed by atoms with E-state index in [-0.39, 0.29) is 11.4 Å². The summed E-state index contributed by atoms with van der Waals surface area (Å²) in [4.78, 5) is 6.34. The molecule has 0 bridgehead atoms. The first-order valence-electron chi connectivity index (χ1n) is 5.66. The Morgan fingerprint density at radius 1 is 1.59 bits per heavy atom. The second kappa shape index (κ2) is 4.33. The number of nitrogen functional groups attached to an aromatic ring is 1. The number of nitrogens with one attached hydrogen (secondary N) is 1. The van der Waals surface area contributed by atoms with E-state index < -0.39 is 0 Å². The van der Waals surface area contributed by atoms with Crippen LogP contribution in [0.25, 0.3) is 0 Å². The van der Waals surface area contributed by atoms with E-state index in [0.29, 0.717) is 13.2 Å². The molecule has 0 atom stereocenters. The first kappa shape index (κ1) is 11.9. The molecule has 5 heteroatoms. The van der Waals surface area contributed by atoms with Gasteiger partial charge in [0.05, 0.1) is 30.6 Å². The lowest BCUT2D eigenvalue weighted by molar-refractivity contribution is 0.0643. The van der Waals surface area contributed by atoms with E-state index in [1.54, 1.807) is 18.5 Å². The van der Waals surface area contributed by atoms with Crippen molar-refractivity contribution in [3.05, 3.63) is 24.0 Å². The third kappa shape index (κ3) is 2.24. The summed E-state index contributed by atoms with van der Waals surface area (Å²) < 4.78 is 5.49. The number of anilines is 1. The van der Waals surface area contributed by atoms with E-state index in [9.17, 15) is 0 Å². The van der Waals surface area contributed by atoms with Crippen molar-refractivity contribution < 1.29 is 4.74 Å². The lowest BCUT2D eigenvalue weighted by Gasteiger charge is -2.44. The van der Waals surface area contributed by atoms with Crippen LogP contribution in [0.5, 0.6) is 0 Å². The molecule has 1 aliphatic rings. The van der Waals surface area contributed by atoms with Crippen LogP contribution >= 0.6 is 0 Å². The average molecular weight is 234 g/mol. The molecule has 1 aromatic rings. The van der Waals surface area contributed by atoms with Crippen LogP contribution in [0, 0.1) is 5.41 Å². The van der Waals surface area contributed by atoms with Gasteiger partial charge in [-0.3, -0.25) is 10.4 Å². The fraction of sp³-hybridized carbons (Fsp3) is 0.500. The second-order valence-electron chi connectivity index (χ2n) is 4.82. The third-order valence-corrected chi connectivity index (χ3v) is 3.03. The van der Waals surface area contributed by atoms with Crippen LogP contribution in [-0.2, 0) is 4.74 Å². The van der Waals surface area contributed by atoms with E-state index in [4.69, 9.17) is 15.9 Å². The number of nitrogens with zero attached hydrogens (tertiary/aromatic N) is 2. The minimum atomic E-state index is -0.106. The van der Waals surface area contributed by atoms with E-state index in [1.807, 2.05) is 0 Å². The summed E-state index contributed by atoms with van der Waals surface area (Å²) in [5.41, 5.74) is 7.14. The van der Waals surface area contributed by atoms with Gasteiger partial charge in [-0.25, -0.2) is 0 Å². The summed E-state index contributed by atoms with van der Waals surface area (Å²) in [6.07, 6.45) is 3.43. The molecule has 1 fully saturated rings. The Labute approximate surface area is 101 Å². The van der Waals surface area contributed by atoms with Crippen molar-refractivity contribution in [1.82, 2.24) is 4.98 Å². The largest absolute Gasteiger partial charge is 0.384 e. The molecule has 92 valence electrons. The minimum Gasteiger partial charge on any atom is -0.384 e. The first-order valence-corrected chi connectivity index (χ1v) is 5.66. The van der Waals surface area contributed by atoms with Crippen LogP contribution in [0.15, 0.2) is 18.5 Å². The maximum atomic E-state index is 7.62. The summed E-state index contributed by atoms with van der Waals surface area (Å²) >= 11 is 0. The van der Waals surface area contributed by atoms with Crippen molar-refractivity contribution >= 4 is 11.5 Å². The van der Waals surface area contributed by atoms with Gasteiger partial charge in [-0.15, -0.1) is 0 Å². The van der Waals surface area contributed by atoms with Crippen LogP contribution < -0.4 is 10.6 Å². The highest BCUT2D eigenvalue weighted by Gasteiger charge is 2.32. The fourth-order valence-electron chi connectivity index (χ4n) is 2.13. The Bertz CT molecular complexity index is 430. The molecule has 0 amide bonds. The average Bonchev–Trinajstić information content (AvgIpc) is 2.28. The predicted molar refractivity (Wildman–Crippen MR) is 67.5 cm³/mol. The van der Waals surface area contributed by atoms with Crippen molar-refractivity contribution in [2.24, 2.45) is 5.73 Å². The van der Waals surface area contributed by atoms with Crippen LogP contribution in [0.3, 0.4) is 0 Å². The van der Waals surface area contributed by atoms with Gasteiger partial charge in [0.2, 0.25) is 0 Å². The zero-order valence-electron chi connectivity index (χ0n) is 10.2. The van der Waals surface area contributed by atoms with Gasteiger partial charge in [-0.2, -0.15) is 0 Å². The van der Waals surface area contributed by atoms with E-state index >= 15 is 0 Å². The molecule has 5 nitrogen and oxygen atoms in total. The van der Waals surface area contributed by atoms with E-state index in [2.05, 4.69) is 23.7 Å². The molecule has 2 rings (SSSR count). The number of rotatable bonds is 2. The van der Waals surface area contributed by atoms with Gasteiger partial charge < -0.3 is 15.4 Å². The molecule has 0 unspecified atom stereocenters. The standard InChI is InChI=1S/C12H18N4O/c1-12(2)8-17-6-5-16(12)10-7-15-4-3-9(10)11(13)14/h3-4,7H,5-6,8H2,1-2H3,(H3,13,14). The fourth-order valence-corrected chi connectivity index (χ4v) is 2.13. The lowest BCUT2D eigenvalue weighted by Crippen LogP contribution is -2.53. The smallest absolute Gasteiger partial charge is 0.125 e. The Morgan fingerprint density at radius 2 is 2.35 bits per heavy atom. The minimum absolute atomic E-state index is 0.0738. The van der Waals surface area contributed by atoms with Gasteiger partial charge >= 0.3 is 0 Å². The molecule has 0 saturated carbocycles. The normalized spacial score (nSPS) is 19.1. The van der Waals surface area contributed by atoms with Crippen molar-refractivity contribution in [2.45, 2.75) is 19.4 Å². The second-order valence-corrected chi connectivity index (χ2v) is 4.82. The molecule has 0 radical (unpaired) electrons. The number of morpholine rings is 1. The molecule has 0 spiro atoms. The SMILES string of the molecule is CC1(C)COCCN1c1cnccc1C(=N)N. The maximum absolute atomic E-state index is 7.62. The number of ether oxygens (including phenoxy) is 1. The molecular formula is C12H18N4O. The molecule has 1 aliphatic heterocycles.